The van der Waals surface area contributed by atoms with E-state index >= 15 is 0 Å². The Balaban J connectivity index is 2.37. The van der Waals surface area contributed by atoms with Crippen molar-refractivity contribution in [1.29, 1.82) is 0 Å². The quantitative estimate of drug-likeness (QED) is 0.704. The molecule has 0 saturated carbocycles. The predicted octanol–water partition coefficient (Wildman–Crippen LogP) is 3.47. The summed E-state index contributed by atoms with van der Waals surface area (Å²) in [7, 11) is 0. The minimum Gasteiger partial charge on any atom is -0.316 e. The van der Waals surface area contributed by atoms with Gasteiger partial charge in [0.25, 0.3) is 0 Å². The van der Waals surface area contributed by atoms with Gasteiger partial charge in [-0.25, -0.2) is 0 Å². The van der Waals surface area contributed by atoms with E-state index in [-0.39, 0.29) is 0 Å². The fourth-order valence-electron chi connectivity index (χ4n) is 4.28. The van der Waals surface area contributed by atoms with E-state index < -0.39 is 0 Å². The van der Waals surface area contributed by atoms with E-state index in [0.717, 1.165) is 23.7 Å². The summed E-state index contributed by atoms with van der Waals surface area (Å²) in [5, 5.41) is 3.66. The van der Waals surface area contributed by atoms with Gasteiger partial charge < -0.3 is 5.32 Å². The summed E-state index contributed by atoms with van der Waals surface area (Å²) in [6.07, 6.45) is 7.57. The van der Waals surface area contributed by atoms with Crippen molar-refractivity contribution < 1.29 is 0 Å². The average Bonchev–Trinajstić information content (AvgIpc) is 2.44. The molecule has 1 saturated heterocycles. The largest absolute Gasteiger partial charge is 0.316 e. The first-order valence-electron chi connectivity index (χ1n) is 6.94. The van der Waals surface area contributed by atoms with Gasteiger partial charge in [0.15, 0.2) is 0 Å². The molecule has 1 aliphatic heterocycles. The predicted molar refractivity (Wildman–Crippen MR) is 70.3 cm³/mol. The molecular formula is C15H27N. The highest BCUT2D eigenvalue weighted by Crippen LogP contribution is 2.51. The molecule has 0 aromatic carbocycles. The van der Waals surface area contributed by atoms with Crippen LogP contribution in [0.15, 0.2) is 12.2 Å². The van der Waals surface area contributed by atoms with E-state index in [4.69, 9.17) is 0 Å². The van der Waals surface area contributed by atoms with Crippen LogP contribution in [-0.2, 0) is 0 Å². The lowest BCUT2D eigenvalue weighted by Gasteiger charge is -2.47. The van der Waals surface area contributed by atoms with Crippen LogP contribution < -0.4 is 5.32 Å². The van der Waals surface area contributed by atoms with Crippen molar-refractivity contribution in [3.63, 3.8) is 0 Å². The van der Waals surface area contributed by atoms with Gasteiger partial charge in [0.2, 0.25) is 0 Å². The van der Waals surface area contributed by atoms with Crippen molar-refractivity contribution in [2.24, 2.45) is 29.1 Å². The zero-order valence-electron chi connectivity index (χ0n) is 11.3. The standard InChI is InChI=1S/C15H27N/c1-11(2)15(12(3)4)8-13-6-5-7-14(15)10-16-9-13/h5-6,11-14,16H,7-10H2,1-4H3. The van der Waals surface area contributed by atoms with Crippen molar-refractivity contribution in [2.75, 3.05) is 13.1 Å². The highest BCUT2D eigenvalue weighted by molar-refractivity contribution is 5.07. The van der Waals surface area contributed by atoms with Crippen LogP contribution in [0.4, 0.5) is 0 Å². The van der Waals surface area contributed by atoms with Gasteiger partial charge in [-0.1, -0.05) is 39.8 Å². The fourth-order valence-corrected chi connectivity index (χ4v) is 4.28. The van der Waals surface area contributed by atoms with Crippen molar-refractivity contribution in [2.45, 2.75) is 40.5 Å². The van der Waals surface area contributed by atoms with Gasteiger partial charge in [0.05, 0.1) is 0 Å². The van der Waals surface area contributed by atoms with Gasteiger partial charge in [0.1, 0.15) is 0 Å². The Morgan fingerprint density at radius 3 is 2.44 bits per heavy atom. The summed E-state index contributed by atoms with van der Waals surface area (Å²) in [5.41, 5.74) is 0.539. The molecule has 0 spiro atoms. The molecule has 1 heteroatoms. The van der Waals surface area contributed by atoms with Gasteiger partial charge in [-0.2, -0.15) is 0 Å². The van der Waals surface area contributed by atoms with Gasteiger partial charge in [0, 0.05) is 6.54 Å². The van der Waals surface area contributed by atoms with Crippen LogP contribution in [-0.4, -0.2) is 13.1 Å². The Morgan fingerprint density at radius 1 is 1.12 bits per heavy atom. The van der Waals surface area contributed by atoms with Crippen LogP contribution in [0.25, 0.3) is 0 Å². The number of nitrogens with one attached hydrogen (secondary N) is 1. The van der Waals surface area contributed by atoms with Crippen LogP contribution in [0.5, 0.6) is 0 Å². The summed E-state index contributed by atoms with van der Waals surface area (Å²) in [5.74, 6) is 3.17. The van der Waals surface area contributed by atoms with Crippen molar-refractivity contribution in [3.05, 3.63) is 12.2 Å². The van der Waals surface area contributed by atoms with Crippen molar-refractivity contribution in [1.82, 2.24) is 5.32 Å². The zero-order valence-corrected chi connectivity index (χ0v) is 11.3. The number of allylic oxidation sites excluding steroid dienone is 1. The monoisotopic (exact) mass is 221 g/mol. The van der Waals surface area contributed by atoms with Crippen molar-refractivity contribution in [3.8, 4) is 0 Å². The minimum atomic E-state index is 0.539. The zero-order chi connectivity index (χ0) is 11.8. The van der Waals surface area contributed by atoms with Crippen LogP contribution in [0.3, 0.4) is 0 Å². The molecule has 2 unspecified atom stereocenters. The summed E-state index contributed by atoms with van der Waals surface area (Å²) in [6, 6.07) is 0. The Kier molecular flexibility index (Phi) is 3.44. The molecule has 1 aliphatic carbocycles. The lowest BCUT2D eigenvalue weighted by molar-refractivity contribution is 0.0262. The molecule has 2 atom stereocenters. The molecule has 1 heterocycles. The number of rotatable bonds is 2. The molecule has 0 aromatic rings. The van der Waals surface area contributed by atoms with Gasteiger partial charge in [-0.05, 0) is 48.5 Å². The highest BCUT2D eigenvalue weighted by Gasteiger charge is 2.46. The molecule has 2 rings (SSSR count). The molecule has 2 aliphatic rings. The third-order valence-corrected chi connectivity index (χ3v) is 5.15. The second kappa shape index (κ2) is 4.52. The van der Waals surface area contributed by atoms with Gasteiger partial charge in [-0.3, -0.25) is 0 Å². The highest BCUT2D eigenvalue weighted by atomic mass is 14.9. The lowest BCUT2D eigenvalue weighted by atomic mass is 9.58. The minimum absolute atomic E-state index is 0.539. The summed E-state index contributed by atoms with van der Waals surface area (Å²) < 4.78 is 0. The Morgan fingerprint density at radius 2 is 1.81 bits per heavy atom. The lowest BCUT2D eigenvalue weighted by Crippen LogP contribution is -2.42. The van der Waals surface area contributed by atoms with Crippen LogP contribution in [0.2, 0.25) is 0 Å². The molecule has 1 N–H and O–H groups in total. The third kappa shape index (κ3) is 1.84. The van der Waals surface area contributed by atoms with Crippen molar-refractivity contribution >= 4 is 0 Å². The van der Waals surface area contributed by atoms with E-state index in [1.807, 2.05) is 0 Å². The average molecular weight is 221 g/mol. The Hall–Kier alpha value is -0.300. The van der Waals surface area contributed by atoms with E-state index in [1.165, 1.54) is 25.9 Å². The summed E-state index contributed by atoms with van der Waals surface area (Å²) >= 11 is 0. The maximum atomic E-state index is 3.66. The Labute approximate surface area is 101 Å². The molecule has 0 aromatic heterocycles. The third-order valence-electron chi connectivity index (χ3n) is 5.15. The van der Waals surface area contributed by atoms with E-state index in [0.29, 0.717) is 5.41 Å². The molecule has 0 amide bonds. The van der Waals surface area contributed by atoms with Crippen LogP contribution in [0, 0.1) is 29.1 Å². The first-order valence-corrected chi connectivity index (χ1v) is 6.94. The van der Waals surface area contributed by atoms with E-state index in [1.54, 1.807) is 0 Å². The maximum absolute atomic E-state index is 3.66. The first-order chi connectivity index (χ1) is 7.57. The summed E-state index contributed by atoms with van der Waals surface area (Å²) in [6.45, 7) is 12.1. The molecule has 92 valence electrons. The second-order valence-electron chi connectivity index (χ2n) is 6.41. The number of hydrogen-bond acceptors (Lipinski definition) is 1. The molecule has 16 heavy (non-hydrogen) atoms. The normalized spacial score (nSPS) is 33.1. The maximum Gasteiger partial charge on any atom is 0.00145 e. The molecule has 1 nitrogen and oxygen atoms in total. The topological polar surface area (TPSA) is 12.0 Å². The SMILES string of the molecule is CC(C)C1(C(C)C)CC2C=CCC1CNC2. The molecular weight excluding hydrogens is 194 g/mol. The van der Waals surface area contributed by atoms with Crippen LogP contribution in [0.1, 0.15) is 40.5 Å². The molecule has 0 radical (unpaired) electrons. The number of fused-ring (bicyclic) bond motifs is 3. The molecule has 1 fully saturated rings. The smallest absolute Gasteiger partial charge is 0.00145 e. The van der Waals surface area contributed by atoms with Gasteiger partial charge in [-0.15, -0.1) is 0 Å². The fraction of sp³-hybridized carbons (Fsp3) is 0.867. The first kappa shape index (κ1) is 12.2. The van der Waals surface area contributed by atoms with E-state index in [9.17, 15) is 0 Å². The van der Waals surface area contributed by atoms with E-state index in [2.05, 4.69) is 45.2 Å². The van der Waals surface area contributed by atoms with Crippen LogP contribution >= 0.6 is 0 Å². The molecule has 2 bridgehead atoms. The second-order valence-corrected chi connectivity index (χ2v) is 6.41. The summed E-state index contributed by atoms with van der Waals surface area (Å²) in [4.78, 5) is 0. The van der Waals surface area contributed by atoms with Gasteiger partial charge >= 0.3 is 0 Å². The number of hydrogen-bond donors (Lipinski definition) is 1. The Bertz CT molecular complexity index is 257.